The molecule has 0 spiro atoms. The first-order valence-corrected chi connectivity index (χ1v) is 6.07. The van der Waals surface area contributed by atoms with Crippen molar-refractivity contribution in [3.05, 3.63) is 54.9 Å². The lowest BCUT2D eigenvalue weighted by Gasteiger charge is -2.06. The third-order valence-corrected chi connectivity index (χ3v) is 3.29. The molecule has 0 atom stereocenters. The van der Waals surface area contributed by atoms with E-state index < -0.39 is 10.0 Å². The molecule has 0 unspecified atom stereocenters. The quantitative estimate of drug-likeness (QED) is 0.877. The van der Waals surface area contributed by atoms with Crippen molar-refractivity contribution in [1.29, 1.82) is 0 Å². The fraction of sp³-hybridized carbons (Fsp3) is 0. The molecule has 1 heterocycles. The van der Waals surface area contributed by atoms with Crippen LogP contribution >= 0.6 is 0 Å². The maximum atomic E-state index is 11.8. The number of sulfonamides is 1. The number of benzene rings is 1. The molecule has 2 rings (SSSR count). The number of rotatable bonds is 3. The van der Waals surface area contributed by atoms with Gasteiger partial charge in [-0.15, -0.1) is 0 Å². The minimum absolute atomic E-state index is 0.215. The van der Waals surface area contributed by atoms with E-state index in [9.17, 15) is 8.42 Å². The zero-order valence-electron chi connectivity index (χ0n) is 8.29. The predicted molar refractivity (Wildman–Crippen MR) is 60.3 cm³/mol. The summed E-state index contributed by atoms with van der Waals surface area (Å²) >= 11 is 0. The molecule has 0 fully saturated rings. The van der Waals surface area contributed by atoms with Crippen LogP contribution in [0.15, 0.2) is 53.6 Å². The summed E-state index contributed by atoms with van der Waals surface area (Å²) in [5.41, 5.74) is 0.325. The number of hydrogen-bond donors (Lipinski definition) is 1. The average molecular weight is 233 g/mol. The molecular formula is C11H9N2O2S. The molecule has 0 bridgehead atoms. The van der Waals surface area contributed by atoms with Gasteiger partial charge in [-0.2, -0.15) is 0 Å². The van der Waals surface area contributed by atoms with E-state index in [1.807, 2.05) is 0 Å². The smallest absolute Gasteiger partial charge is 0.261 e. The van der Waals surface area contributed by atoms with Crippen LogP contribution in [0.2, 0.25) is 0 Å². The van der Waals surface area contributed by atoms with Crippen molar-refractivity contribution in [1.82, 2.24) is 4.98 Å². The number of nitrogens with zero attached hydrogens (tertiary/aromatic N) is 1. The standard InChI is InChI=1S/C11H9N2O2S/c14-16(15,11-6-2-1-3-7-11)13-10-5-4-8-12-9-10/h1-8,13H. The van der Waals surface area contributed by atoms with Gasteiger partial charge in [0.25, 0.3) is 10.0 Å². The fourth-order valence-corrected chi connectivity index (χ4v) is 2.22. The maximum absolute atomic E-state index is 11.8. The van der Waals surface area contributed by atoms with Gasteiger partial charge in [0.1, 0.15) is 6.20 Å². The van der Waals surface area contributed by atoms with Crippen molar-refractivity contribution >= 4 is 15.7 Å². The van der Waals surface area contributed by atoms with E-state index >= 15 is 0 Å². The molecule has 81 valence electrons. The molecule has 0 saturated heterocycles. The van der Waals surface area contributed by atoms with Crippen LogP contribution in [-0.2, 0) is 10.0 Å². The zero-order chi connectivity index (χ0) is 11.4. The Morgan fingerprint density at radius 2 is 1.81 bits per heavy atom. The van der Waals surface area contributed by atoms with Crippen molar-refractivity contribution in [3.63, 3.8) is 0 Å². The second-order valence-corrected chi connectivity index (χ2v) is 4.76. The minimum Gasteiger partial charge on any atom is -0.277 e. The Hall–Kier alpha value is -1.88. The van der Waals surface area contributed by atoms with Gasteiger partial charge in [-0.05, 0) is 24.3 Å². The molecule has 1 radical (unpaired) electrons. The Morgan fingerprint density at radius 1 is 1.06 bits per heavy atom. The third kappa shape index (κ3) is 2.38. The number of hydrogen-bond acceptors (Lipinski definition) is 3. The molecule has 0 aliphatic heterocycles. The third-order valence-electron chi connectivity index (χ3n) is 1.91. The number of aromatic nitrogens is 1. The highest BCUT2D eigenvalue weighted by Crippen LogP contribution is 2.13. The van der Waals surface area contributed by atoms with Gasteiger partial charge >= 0.3 is 0 Å². The van der Waals surface area contributed by atoms with E-state index in [1.54, 1.807) is 30.3 Å². The summed E-state index contributed by atoms with van der Waals surface area (Å²) in [5.74, 6) is 0. The Morgan fingerprint density at radius 3 is 2.44 bits per heavy atom. The molecule has 1 N–H and O–H groups in total. The van der Waals surface area contributed by atoms with Crippen molar-refractivity contribution in [2.45, 2.75) is 4.90 Å². The van der Waals surface area contributed by atoms with Gasteiger partial charge in [0.2, 0.25) is 0 Å². The summed E-state index contributed by atoms with van der Waals surface area (Å²) in [5, 5.41) is 0. The molecule has 0 saturated carbocycles. The van der Waals surface area contributed by atoms with Crippen molar-refractivity contribution in [2.75, 3.05) is 4.72 Å². The van der Waals surface area contributed by atoms with Gasteiger partial charge in [-0.25, -0.2) is 8.42 Å². The first-order chi connectivity index (χ1) is 7.68. The van der Waals surface area contributed by atoms with E-state index in [-0.39, 0.29) is 4.90 Å². The van der Waals surface area contributed by atoms with E-state index in [1.165, 1.54) is 18.3 Å². The van der Waals surface area contributed by atoms with Gasteiger partial charge in [0.05, 0.1) is 10.6 Å². The average Bonchev–Trinajstić information content (AvgIpc) is 2.31. The topological polar surface area (TPSA) is 59.1 Å². The summed E-state index contributed by atoms with van der Waals surface area (Å²) in [7, 11) is -3.53. The van der Waals surface area contributed by atoms with Crippen LogP contribution in [0.5, 0.6) is 0 Å². The molecule has 0 aliphatic rings. The lowest BCUT2D eigenvalue weighted by Crippen LogP contribution is -2.12. The Balaban J connectivity index is 2.29. The highest BCUT2D eigenvalue weighted by molar-refractivity contribution is 7.92. The largest absolute Gasteiger partial charge is 0.277 e. The summed E-state index contributed by atoms with van der Waals surface area (Å²) < 4.78 is 26.1. The SMILES string of the molecule is O=S(=O)(Nc1[c]nccc1)c1ccccc1. The summed E-state index contributed by atoms with van der Waals surface area (Å²) in [6.07, 6.45) is 4.08. The first-order valence-electron chi connectivity index (χ1n) is 4.59. The Labute approximate surface area is 94.0 Å². The molecule has 1 aromatic carbocycles. The second kappa shape index (κ2) is 4.32. The number of pyridine rings is 1. The molecule has 5 heteroatoms. The van der Waals surface area contributed by atoms with Crippen LogP contribution in [0.3, 0.4) is 0 Å². The van der Waals surface area contributed by atoms with Gasteiger partial charge in [-0.1, -0.05) is 18.2 Å². The molecule has 4 nitrogen and oxygen atoms in total. The summed E-state index contributed by atoms with van der Waals surface area (Å²) in [4.78, 5) is 3.93. The Bertz CT molecular complexity index is 553. The molecule has 1 aromatic heterocycles. The normalized spacial score (nSPS) is 11.0. The first kappa shape index (κ1) is 10.6. The fourth-order valence-electron chi connectivity index (χ4n) is 1.19. The van der Waals surface area contributed by atoms with Gasteiger partial charge in [-0.3, -0.25) is 9.71 Å². The van der Waals surface area contributed by atoms with Crippen LogP contribution in [0, 0.1) is 6.20 Å². The van der Waals surface area contributed by atoms with Crippen molar-refractivity contribution < 1.29 is 8.42 Å². The molecule has 0 aliphatic carbocycles. The molecular weight excluding hydrogens is 224 g/mol. The van der Waals surface area contributed by atoms with Crippen LogP contribution in [0.1, 0.15) is 0 Å². The van der Waals surface area contributed by atoms with Crippen LogP contribution in [0.25, 0.3) is 0 Å². The second-order valence-electron chi connectivity index (χ2n) is 3.08. The molecule has 16 heavy (non-hydrogen) atoms. The summed E-state index contributed by atoms with van der Waals surface area (Å²) in [6, 6.07) is 11.4. The highest BCUT2D eigenvalue weighted by Gasteiger charge is 2.12. The molecule has 2 aromatic rings. The monoisotopic (exact) mass is 233 g/mol. The van der Waals surface area contributed by atoms with Crippen LogP contribution in [0.4, 0.5) is 5.69 Å². The molecule has 0 amide bonds. The van der Waals surface area contributed by atoms with E-state index in [0.29, 0.717) is 5.69 Å². The highest BCUT2D eigenvalue weighted by atomic mass is 32.2. The van der Waals surface area contributed by atoms with Gasteiger partial charge in [0.15, 0.2) is 0 Å². The van der Waals surface area contributed by atoms with Crippen molar-refractivity contribution in [3.8, 4) is 0 Å². The number of anilines is 1. The minimum atomic E-state index is -3.53. The van der Waals surface area contributed by atoms with Gasteiger partial charge < -0.3 is 0 Å². The van der Waals surface area contributed by atoms with E-state index in [0.717, 1.165) is 0 Å². The Kier molecular flexibility index (Phi) is 2.87. The van der Waals surface area contributed by atoms with Crippen molar-refractivity contribution in [2.24, 2.45) is 0 Å². The summed E-state index contributed by atoms with van der Waals surface area (Å²) in [6.45, 7) is 0. The van der Waals surface area contributed by atoms with E-state index in [2.05, 4.69) is 15.9 Å². The zero-order valence-corrected chi connectivity index (χ0v) is 9.11. The van der Waals surface area contributed by atoms with E-state index in [4.69, 9.17) is 0 Å². The number of nitrogens with one attached hydrogen (secondary N) is 1. The predicted octanol–water partition coefficient (Wildman–Crippen LogP) is 1.68. The van der Waals surface area contributed by atoms with Gasteiger partial charge in [0, 0.05) is 6.20 Å². The lowest BCUT2D eigenvalue weighted by atomic mass is 10.4. The van der Waals surface area contributed by atoms with Crippen LogP contribution < -0.4 is 4.72 Å². The van der Waals surface area contributed by atoms with Crippen LogP contribution in [-0.4, -0.2) is 13.4 Å². The lowest BCUT2D eigenvalue weighted by molar-refractivity contribution is 0.601. The maximum Gasteiger partial charge on any atom is 0.261 e.